The summed E-state index contributed by atoms with van der Waals surface area (Å²) < 4.78 is 21.3. The summed E-state index contributed by atoms with van der Waals surface area (Å²) in [7, 11) is 0. The summed E-state index contributed by atoms with van der Waals surface area (Å²) in [5.74, 6) is -0.458. The van der Waals surface area contributed by atoms with Crippen molar-refractivity contribution >= 4 is 11.8 Å². The minimum absolute atomic E-state index is 0.0759. The summed E-state index contributed by atoms with van der Waals surface area (Å²) in [5.41, 5.74) is 0. The Morgan fingerprint density at radius 1 is 1.14 bits per heavy atom. The zero-order valence-corrected chi connectivity index (χ0v) is 12.7. The van der Waals surface area contributed by atoms with E-state index in [-0.39, 0.29) is 38.2 Å². The van der Waals surface area contributed by atoms with Crippen LogP contribution in [0.2, 0.25) is 0 Å². The SMILES string of the molecule is C=CCOCC1COCC(=O)NCCOCCNC(=O)CO1. The number of rotatable bonds is 4. The minimum Gasteiger partial charge on any atom is -0.378 e. The third-order valence-electron chi connectivity index (χ3n) is 2.66. The quantitative estimate of drug-likeness (QED) is 0.502. The maximum atomic E-state index is 11.6. The molecule has 1 aliphatic rings. The molecule has 0 aromatic heterocycles. The van der Waals surface area contributed by atoms with Crippen LogP contribution < -0.4 is 10.6 Å². The molecule has 0 aromatic carbocycles. The molecule has 1 unspecified atom stereocenters. The molecular weight excluding hydrogens is 292 g/mol. The molecule has 0 radical (unpaired) electrons. The second kappa shape index (κ2) is 12.1. The molecule has 0 saturated carbocycles. The van der Waals surface area contributed by atoms with Gasteiger partial charge in [0.2, 0.25) is 11.8 Å². The van der Waals surface area contributed by atoms with Gasteiger partial charge in [-0.2, -0.15) is 0 Å². The van der Waals surface area contributed by atoms with E-state index in [1.165, 1.54) is 0 Å². The molecule has 1 atom stereocenters. The van der Waals surface area contributed by atoms with Crippen molar-refractivity contribution in [1.82, 2.24) is 10.6 Å². The summed E-state index contributed by atoms with van der Waals surface area (Å²) in [4.78, 5) is 23.1. The maximum absolute atomic E-state index is 11.6. The van der Waals surface area contributed by atoms with Crippen molar-refractivity contribution in [2.75, 3.05) is 59.3 Å². The summed E-state index contributed by atoms with van der Waals surface area (Å²) in [6, 6.07) is 0. The van der Waals surface area contributed by atoms with E-state index in [2.05, 4.69) is 17.2 Å². The van der Waals surface area contributed by atoms with E-state index in [0.29, 0.717) is 32.9 Å². The molecule has 0 bridgehead atoms. The van der Waals surface area contributed by atoms with Crippen molar-refractivity contribution in [3.63, 3.8) is 0 Å². The molecule has 126 valence electrons. The summed E-state index contributed by atoms with van der Waals surface area (Å²) in [6.45, 7) is 5.73. The van der Waals surface area contributed by atoms with Crippen LogP contribution in [0.5, 0.6) is 0 Å². The third-order valence-corrected chi connectivity index (χ3v) is 2.66. The normalized spacial score (nSPS) is 22.8. The first-order valence-electron chi connectivity index (χ1n) is 7.21. The van der Waals surface area contributed by atoms with Crippen LogP contribution in [-0.2, 0) is 28.5 Å². The van der Waals surface area contributed by atoms with Gasteiger partial charge in [0.15, 0.2) is 0 Å². The van der Waals surface area contributed by atoms with Crippen LogP contribution in [0, 0.1) is 0 Å². The largest absolute Gasteiger partial charge is 0.378 e. The van der Waals surface area contributed by atoms with Gasteiger partial charge in [-0.1, -0.05) is 6.08 Å². The first-order chi connectivity index (χ1) is 10.7. The Labute approximate surface area is 130 Å². The van der Waals surface area contributed by atoms with E-state index in [0.717, 1.165) is 0 Å². The van der Waals surface area contributed by atoms with Gasteiger partial charge in [0.25, 0.3) is 0 Å². The number of carbonyl (C=O) groups is 2. The first kappa shape index (κ1) is 18.6. The highest BCUT2D eigenvalue weighted by Gasteiger charge is 2.14. The fraction of sp³-hybridized carbons (Fsp3) is 0.714. The predicted molar refractivity (Wildman–Crippen MR) is 78.4 cm³/mol. The first-order valence-corrected chi connectivity index (χ1v) is 7.21. The Kier molecular flexibility index (Phi) is 10.2. The van der Waals surface area contributed by atoms with Crippen molar-refractivity contribution in [3.8, 4) is 0 Å². The lowest BCUT2D eigenvalue weighted by atomic mass is 10.4. The van der Waals surface area contributed by atoms with Crippen LogP contribution in [0.15, 0.2) is 12.7 Å². The fourth-order valence-electron chi connectivity index (χ4n) is 1.63. The molecule has 1 fully saturated rings. The molecule has 22 heavy (non-hydrogen) atoms. The number of hydrogen-bond donors (Lipinski definition) is 2. The fourth-order valence-corrected chi connectivity index (χ4v) is 1.63. The van der Waals surface area contributed by atoms with E-state index >= 15 is 0 Å². The molecule has 8 nitrogen and oxygen atoms in total. The van der Waals surface area contributed by atoms with E-state index in [9.17, 15) is 9.59 Å². The number of ether oxygens (including phenoxy) is 4. The molecule has 0 aliphatic carbocycles. The molecule has 8 heteroatoms. The molecule has 1 rings (SSSR count). The lowest BCUT2D eigenvalue weighted by molar-refractivity contribution is -0.134. The van der Waals surface area contributed by atoms with E-state index in [4.69, 9.17) is 18.9 Å². The Morgan fingerprint density at radius 3 is 2.50 bits per heavy atom. The highest BCUT2D eigenvalue weighted by Crippen LogP contribution is 1.96. The van der Waals surface area contributed by atoms with Gasteiger partial charge in [0.1, 0.15) is 19.3 Å². The van der Waals surface area contributed by atoms with Gasteiger partial charge < -0.3 is 29.6 Å². The molecule has 1 aliphatic heterocycles. The van der Waals surface area contributed by atoms with Crippen LogP contribution in [0.4, 0.5) is 0 Å². The second-order valence-electron chi connectivity index (χ2n) is 4.59. The van der Waals surface area contributed by atoms with Crippen molar-refractivity contribution in [1.29, 1.82) is 0 Å². The molecule has 0 spiro atoms. The summed E-state index contributed by atoms with van der Waals surface area (Å²) in [6.07, 6.45) is 1.19. The average molecular weight is 316 g/mol. The van der Waals surface area contributed by atoms with E-state index < -0.39 is 6.10 Å². The smallest absolute Gasteiger partial charge is 0.246 e. The standard InChI is InChI=1S/C14H24N2O6/c1-2-5-20-8-12-9-21-10-13(17)15-3-6-19-7-4-16-14(18)11-22-12/h2,12H,1,3-11H2,(H,15,17)(H,16,18). The molecule has 1 saturated heterocycles. The maximum Gasteiger partial charge on any atom is 0.246 e. The van der Waals surface area contributed by atoms with Gasteiger partial charge >= 0.3 is 0 Å². The van der Waals surface area contributed by atoms with Crippen LogP contribution in [0.1, 0.15) is 0 Å². The molecule has 0 aromatic rings. The lowest BCUT2D eigenvalue weighted by Gasteiger charge is -2.17. The molecule has 1 heterocycles. The number of amides is 2. The van der Waals surface area contributed by atoms with Crippen molar-refractivity contribution in [2.24, 2.45) is 0 Å². The Bertz CT molecular complexity index is 350. The summed E-state index contributed by atoms with van der Waals surface area (Å²) in [5, 5.41) is 5.34. The lowest BCUT2D eigenvalue weighted by Crippen LogP contribution is -2.35. The van der Waals surface area contributed by atoms with Gasteiger partial charge in [-0.25, -0.2) is 0 Å². The Balaban J connectivity index is 2.43. The third kappa shape index (κ3) is 9.46. The van der Waals surface area contributed by atoms with E-state index in [1.807, 2.05) is 0 Å². The van der Waals surface area contributed by atoms with Gasteiger partial charge in [0, 0.05) is 13.1 Å². The molecule has 2 amide bonds. The topological polar surface area (TPSA) is 95.1 Å². The number of nitrogens with one attached hydrogen (secondary N) is 2. The van der Waals surface area contributed by atoms with Crippen LogP contribution >= 0.6 is 0 Å². The minimum atomic E-state index is -0.431. The van der Waals surface area contributed by atoms with Gasteiger partial charge in [-0.05, 0) is 0 Å². The van der Waals surface area contributed by atoms with Gasteiger partial charge in [0.05, 0.1) is 33.0 Å². The molecule has 2 N–H and O–H groups in total. The van der Waals surface area contributed by atoms with Crippen molar-refractivity contribution < 1.29 is 28.5 Å². The summed E-state index contributed by atoms with van der Waals surface area (Å²) >= 11 is 0. The highest BCUT2D eigenvalue weighted by atomic mass is 16.6. The van der Waals surface area contributed by atoms with Crippen LogP contribution in [-0.4, -0.2) is 77.3 Å². The van der Waals surface area contributed by atoms with Crippen LogP contribution in [0.3, 0.4) is 0 Å². The number of hydrogen-bond acceptors (Lipinski definition) is 6. The zero-order chi connectivity index (χ0) is 16.0. The van der Waals surface area contributed by atoms with Crippen molar-refractivity contribution in [2.45, 2.75) is 6.10 Å². The van der Waals surface area contributed by atoms with Gasteiger partial charge in [-0.3, -0.25) is 9.59 Å². The zero-order valence-electron chi connectivity index (χ0n) is 12.7. The number of carbonyl (C=O) groups excluding carboxylic acids is 2. The van der Waals surface area contributed by atoms with Crippen LogP contribution in [0.25, 0.3) is 0 Å². The monoisotopic (exact) mass is 316 g/mol. The highest BCUT2D eigenvalue weighted by molar-refractivity contribution is 5.77. The Hall–Kier alpha value is -1.48. The predicted octanol–water partition coefficient (Wildman–Crippen LogP) is -1.15. The van der Waals surface area contributed by atoms with Gasteiger partial charge in [-0.15, -0.1) is 6.58 Å². The Morgan fingerprint density at radius 2 is 1.82 bits per heavy atom. The molecular formula is C14H24N2O6. The average Bonchev–Trinajstić information content (AvgIpc) is 2.51. The second-order valence-corrected chi connectivity index (χ2v) is 4.59. The van der Waals surface area contributed by atoms with Crippen molar-refractivity contribution in [3.05, 3.63) is 12.7 Å². The van der Waals surface area contributed by atoms with E-state index in [1.54, 1.807) is 6.08 Å².